The molecule has 1 atom stereocenters. The highest BCUT2D eigenvalue weighted by Crippen LogP contribution is 2.37. The van der Waals surface area contributed by atoms with E-state index in [4.69, 9.17) is 5.11 Å². The Hall–Kier alpha value is -1.32. The molecular formula is C12H13F6NO2. The predicted molar refractivity (Wildman–Crippen MR) is 61.4 cm³/mol. The molecule has 0 unspecified atom stereocenters. The minimum Gasteiger partial charge on any atom is -0.395 e. The third-order valence-electron chi connectivity index (χ3n) is 2.62. The van der Waals surface area contributed by atoms with Crippen LogP contribution in [0, 0.1) is 0 Å². The second-order valence-corrected chi connectivity index (χ2v) is 4.28. The van der Waals surface area contributed by atoms with Gasteiger partial charge < -0.3 is 15.5 Å². The van der Waals surface area contributed by atoms with Crippen LogP contribution in [0.15, 0.2) is 18.2 Å². The molecule has 0 radical (unpaired) electrons. The number of aliphatic hydroxyl groups excluding tert-OH is 2. The van der Waals surface area contributed by atoms with E-state index in [1.54, 1.807) is 0 Å². The second kappa shape index (κ2) is 6.63. The Morgan fingerprint density at radius 3 is 1.81 bits per heavy atom. The molecule has 1 aromatic carbocycles. The van der Waals surface area contributed by atoms with Gasteiger partial charge in [-0.15, -0.1) is 0 Å². The molecule has 1 aromatic rings. The quantitative estimate of drug-likeness (QED) is 0.577. The summed E-state index contributed by atoms with van der Waals surface area (Å²) in [5.74, 6) is 0. The Kier molecular flexibility index (Phi) is 5.60. The fourth-order valence-electron chi connectivity index (χ4n) is 1.61. The fourth-order valence-corrected chi connectivity index (χ4v) is 1.61. The first-order valence-electron chi connectivity index (χ1n) is 5.84. The van der Waals surface area contributed by atoms with Crippen LogP contribution in [0.4, 0.5) is 26.3 Å². The smallest absolute Gasteiger partial charge is 0.395 e. The lowest BCUT2D eigenvalue weighted by Gasteiger charge is -2.17. The van der Waals surface area contributed by atoms with E-state index in [9.17, 15) is 31.4 Å². The lowest BCUT2D eigenvalue weighted by molar-refractivity contribution is -0.143. The third kappa shape index (κ3) is 5.18. The number of rotatable bonds is 5. The van der Waals surface area contributed by atoms with Crippen LogP contribution in [0.3, 0.4) is 0 Å². The van der Waals surface area contributed by atoms with E-state index in [2.05, 4.69) is 5.32 Å². The molecule has 1 rings (SSSR count). The highest BCUT2D eigenvalue weighted by molar-refractivity contribution is 5.34. The zero-order valence-electron chi connectivity index (χ0n) is 10.6. The van der Waals surface area contributed by atoms with Gasteiger partial charge in [-0.05, 0) is 23.8 Å². The maximum absolute atomic E-state index is 12.6. The number of halogens is 6. The van der Waals surface area contributed by atoms with E-state index < -0.39 is 35.1 Å². The van der Waals surface area contributed by atoms with Crippen molar-refractivity contribution < 1.29 is 36.6 Å². The Labute approximate surface area is 116 Å². The van der Waals surface area contributed by atoms with Gasteiger partial charge in [0.25, 0.3) is 0 Å². The van der Waals surface area contributed by atoms with Gasteiger partial charge in [0.1, 0.15) is 0 Å². The molecule has 0 amide bonds. The summed E-state index contributed by atoms with van der Waals surface area (Å²) in [6.45, 7) is -0.496. The summed E-state index contributed by atoms with van der Waals surface area (Å²) in [6, 6.07) is 0.943. The molecule has 0 saturated carbocycles. The molecule has 3 N–H and O–H groups in total. The molecule has 0 aliphatic carbocycles. The lowest BCUT2D eigenvalue weighted by Crippen LogP contribution is -2.25. The lowest BCUT2D eigenvalue weighted by atomic mass is 10.0. The summed E-state index contributed by atoms with van der Waals surface area (Å²) in [5, 5.41) is 20.6. The first kappa shape index (κ1) is 17.7. The summed E-state index contributed by atoms with van der Waals surface area (Å²) in [4.78, 5) is 0. The summed E-state index contributed by atoms with van der Waals surface area (Å²) < 4.78 is 75.7. The number of hydrogen-bond acceptors (Lipinski definition) is 3. The largest absolute Gasteiger partial charge is 0.416 e. The Morgan fingerprint density at radius 2 is 1.43 bits per heavy atom. The molecule has 0 aliphatic rings. The number of hydrogen-bond donors (Lipinski definition) is 3. The first-order valence-corrected chi connectivity index (χ1v) is 5.84. The van der Waals surface area contributed by atoms with E-state index in [0.717, 1.165) is 0 Å². The van der Waals surface area contributed by atoms with Gasteiger partial charge in [0.05, 0.1) is 23.8 Å². The van der Waals surface area contributed by atoms with Crippen LogP contribution in [0.25, 0.3) is 0 Å². The van der Waals surface area contributed by atoms with Crippen molar-refractivity contribution in [3.8, 4) is 0 Å². The van der Waals surface area contributed by atoms with E-state index in [0.29, 0.717) is 12.1 Å². The van der Waals surface area contributed by atoms with Crippen molar-refractivity contribution in [1.82, 2.24) is 5.32 Å². The molecule has 21 heavy (non-hydrogen) atoms. The SMILES string of the molecule is OCCNC[C@@H](O)c1cc(C(F)(F)F)cc(C(F)(F)F)c1. The van der Waals surface area contributed by atoms with Gasteiger partial charge >= 0.3 is 12.4 Å². The van der Waals surface area contributed by atoms with Crippen molar-refractivity contribution in [3.05, 3.63) is 34.9 Å². The minimum absolute atomic E-state index is 0.00261. The van der Waals surface area contributed by atoms with Crippen molar-refractivity contribution in [3.63, 3.8) is 0 Å². The van der Waals surface area contributed by atoms with E-state index >= 15 is 0 Å². The average Bonchev–Trinajstić information content (AvgIpc) is 2.36. The highest BCUT2D eigenvalue weighted by atomic mass is 19.4. The molecule has 0 bridgehead atoms. The molecule has 0 fully saturated rings. The van der Waals surface area contributed by atoms with Crippen molar-refractivity contribution in [2.45, 2.75) is 18.5 Å². The van der Waals surface area contributed by atoms with Gasteiger partial charge in [-0.2, -0.15) is 26.3 Å². The first-order chi connectivity index (χ1) is 9.55. The maximum Gasteiger partial charge on any atom is 0.416 e. The van der Waals surface area contributed by atoms with Crippen molar-refractivity contribution in [2.75, 3.05) is 19.7 Å². The Bertz CT molecular complexity index is 440. The van der Waals surface area contributed by atoms with E-state index in [1.165, 1.54) is 0 Å². The van der Waals surface area contributed by atoms with Crippen LogP contribution in [0.2, 0.25) is 0 Å². The maximum atomic E-state index is 12.6. The molecule has 120 valence electrons. The molecule has 0 aliphatic heterocycles. The molecule has 9 heteroatoms. The fraction of sp³-hybridized carbons (Fsp3) is 0.500. The summed E-state index contributed by atoms with van der Waals surface area (Å²) in [6.07, 6.45) is -11.5. The van der Waals surface area contributed by atoms with Crippen LogP contribution in [0.5, 0.6) is 0 Å². The van der Waals surface area contributed by atoms with Gasteiger partial charge in [-0.25, -0.2) is 0 Å². The van der Waals surface area contributed by atoms with Crippen LogP contribution in [-0.2, 0) is 12.4 Å². The summed E-state index contributed by atoms with van der Waals surface area (Å²) in [7, 11) is 0. The normalized spacial score (nSPS) is 14.3. The minimum atomic E-state index is -4.95. The van der Waals surface area contributed by atoms with Gasteiger partial charge in [0.2, 0.25) is 0 Å². The van der Waals surface area contributed by atoms with Crippen LogP contribution >= 0.6 is 0 Å². The second-order valence-electron chi connectivity index (χ2n) is 4.28. The van der Waals surface area contributed by atoms with Crippen molar-refractivity contribution >= 4 is 0 Å². The van der Waals surface area contributed by atoms with Crippen LogP contribution < -0.4 is 5.32 Å². The molecule has 0 saturated heterocycles. The number of benzene rings is 1. The average molecular weight is 317 g/mol. The predicted octanol–water partition coefficient (Wildman–Crippen LogP) is 2.34. The molecule has 3 nitrogen and oxygen atoms in total. The van der Waals surface area contributed by atoms with E-state index in [1.807, 2.05) is 0 Å². The standard InChI is InChI=1S/C12H13F6NO2/c13-11(14,15)8-3-7(10(21)6-19-1-2-20)4-9(5-8)12(16,17)18/h3-5,10,19-21H,1-2,6H2/t10-/m1/s1. The van der Waals surface area contributed by atoms with E-state index in [-0.39, 0.29) is 25.8 Å². The zero-order valence-corrected chi connectivity index (χ0v) is 10.6. The monoisotopic (exact) mass is 317 g/mol. The molecular weight excluding hydrogens is 304 g/mol. The van der Waals surface area contributed by atoms with Crippen molar-refractivity contribution in [2.24, 2.45) is 0 Å². The van der Waals surface area contributed by atoms with Gasteiger partial charge in [0.15, 0.2) is 0 Å². The topological polar surface area (TPSA) is 52.5 Å². The van der Waals surface area contributed by atoms with Crippen molar-refractivity contribution in [1.29, 1.82) is 0 Å². The number of nitrogens with one attached hydrogen (secondary N) is 1. The number of aliphatic hydroxyl groups is 2. The zero-order chi connectivity index (χ0) is 16.3. The highest BCUT2D eigenvalue weighted by Gasteiger charge is 2.37. The van der Waals surface area contributed by atoms with Gasteiger partial charge in [-0.1, -0.05) is 0 Å². The molecule has 0 aromatic heterocycles. The summed E-state index contributed by atoms with van der Waals surface area (Å²) in [5.41, 5.74) is -3.45. The Balaban J connectivity index is 3.13. The number of alkyl halides is 6. The van der Waals surface area contributed by atoms with Gasteiger partial charge in [-0.3, -0.25) is 0 Å². The van der Waals surface area contributed by atoms with Crippen LogP contribution in [0.1, 0.15) is 22.8 Å². The van der Waals surface area contributed by atoms with Crippen LogP contribution in [-0.4, -0.2) is 29.9 Å². The Morgan fingerprint density at radius 1 is 0.952 bits per heavy atom. The molecule has 0 spiro atoms. The van der Waals surface area contributed by atoms with Gasteiger partial charge in [0, 0.05) is 13.1 Å². The molecule has 0 heterocycles. The summed E-state index contributed by atoms with van der Waals surface area (Å²) >= 11 is 0. The third-order valence-corrected chi connectivity index (χ3v) is 2.62.